The van der Waals surface area contributed by atoms with Crippen molar-refractivity contribution in [2.45, 2.75) is 83.0 Å². The molecule has 2 atom stereocenters. The standard InChI is InChI=1S/C32H39N3O4/c1-6-23-17-14-18-25(21-23)28(29(36)33-26-19-12-9-13-20-26)35(7-2)30(37)27(22-24-15-10-8-11-16-24)34-31(38)39-32(3,4)5/h2,6,8,10-11,14-18,21,26-28H,1,9,12-13,19-20,22H2,3-5H3,(H,33,36)(H,34,38). The molecule has 2 N–H and O–H groups in total. The summed E-state index contributed by atoms with van der Waals surface area (Å²) in [5.41, 5.74) is 1.41. The lowest BCUT2D eigenvalue weighted by Gasteiger charge is -2.32. The molecule has 2 aromatic rings. The molecule has 7 heteroatoms. The Balaban J connectivity index is 1.97. The number of rotatable bonds is 9. The molecule has 0 bridgehead atoms. The fourth-order valence-corrected chi connectivity index (χ4v) is 4.73. The molecule has 0 aromatic heterocycles. The number of hydrogen-bond acceptors (Lipinski definition) is 4. The van der Waals surface area contributed by atoms with Crippen LogP contribution < -0.4 is 10.6 Å². The van der Waals surface area contributed by atoms with Crippen molar-refractivity contribution >= 4 is 24.0 Å². The van der Waals surface area contributed by atoms with Gasteiger partial charge in [0.15, 0.2) is 0 Å². The van der Waals surface area contributed by atoms with Gasteiger partial charge in [-0.25, -0.2) is 4.79 Å². The monoisotopic (exact) mass is 529 g/mol. The van der Waals surface area contributed by atoms with Gasteiger partial charge in [0.1, 0.15) is 17.7 Å². The molecule has 0 aliphatic heterocycles. The lowest BCUT2D eigenvalue weighted by molar-refractivity contribution is -0.139. The van der Waals surface area contributed by atoms with E-state index in [4.69, 9.17) is 11.2 Å². The van der Waals surface area contributed by atoms with Gasteiger partial charge in [0, 0.05) is 18.5 Å². The van der Waals surface area contributed by atoms with Crippen molar-refractivity contribution in [1.82, 2.24) is 15.5 Å². The number of terminal acetylenes is 1. The van der Waals surface area contributed by atoms with Crippen LogP contribution in [0.2, 0.25) is 0 Å². The van der Waals surface area contributed by atoms with E-state index in [0.717, 1.165) is 48.1 Å². The summed E-state index contributed by atoms with van der Waals surface area (Å²) in [6.45, 7) is 9.05. The van der Waals surface area contributed by atoms with Gasteiger partial charge in [-0.15, -0.1) is 0 Å². The van der Waals surface area contributed by atoms with Crippen LogP contribution in [-0.4, -0.2) is 40.5 Å². The van der Waals surface area contributed by atoms with Crippen LogP contribution in [-0.2, 0) is 20.7 Å². The third-order valence-corrected chi connectivity index (χ3v) is 6.57. The summed E-state index contributed by atoms with van der Waals surface area (Å²) in [6.07, 6.45) is 12.0. The van der Waals surface area contributed by atoms with Crippen LogP contribution >= 0.6 is 0 Å². The van der Waals surface area contributed by atoms with Crippen molar-refractivity contribution in [3.8, 4) is 12.5 Å². The number of hydrogen-bond donors (Lipinski definition) is 2. The average Bonchev–Trinajstić information content (AvgIpc) is 2.91. The van der Waals surface area contributed by atoms with Gasteiger partial charge in [-0.05, 0) is 56.4 Å². The molecule has 0 spiro atoms. The van der Waals surface area contributed by atoms with E-state index in [0.29, 0.717) is 5.56 Å². The van der Waals surface area contributed by atoms with Crippen LogP contribution in [0, 0.1) is 12.5 Å². The molecule has 1 aliphatic carbocycles. The van der Waals surface area contributed by atoms with Gasteiger partial charge in [0.05, 0.1) is 0 Å². The Kier molecular flexibility index (Phi) is 10.3. The molecule has 1 fully saturated rings. The number of ether oxygens (including phenoxy) is 1. The Labute approximate surface area is 232 Å². The minimum atomic E-state index is -1.09. The third kappa shape index (κ3) is 8.75. The summed E-state index contributed by atoms with van der Waals surface area (Å²) >= 11 is 0. The van der Waals surface area contributed by atoms with Crippen LogP contribution in [0.1, 0.15) is 75.6 Å². The molecule has 1 saturated carbocycles. The van der Waals surface area contributed by atoms with Gasteiger partial charge in [0.25, 0.3) is 5.91 Å². The zero-order chi connectivity index (χ0) is 28.4. The van der Waals surface area contributed by atoms with E-state index in [9.17, 15) is 14.4 Å². The fraction of sp³-hybridized carbons (Fsp3) is 0.406. The zero-order valence-electron chi connectivity index (χ0n) is 23.1. The molecule has 206 valence electrons. The maximum Gasteiger partial charge on any atom is 0.408 e. The summed E-state index contributed by atoms with van der Waals surface area (Å²) < 4.78 is 5.43. The topological polar surface area (TPSA) is 87.7 Å². The second-order valence-corrected chi connectivity index (χ2v) is 10.8. The SMILES string of the molecule is C#CN(C(=O)C(Cc1ccccc1)NC(=O)OC(C)(C)C)C(C(=O)NC1CCCCC1)c1cccc(C=C)c1. The first-order chi connectivity index (χ1) is 18.6. The molecule has 1 aliphatic rings. The van der Waals surface area contributed by atoms with E-state index in [1.54, 1.807) is 45.0 Å². The van der Waals surface area contributed by atoms with Crippen LogP contribution in [0.15, 0.2) is 61.2 Å². The van der Waals surface area contributed by atoms with Crippen LogP contribution in [0.3, 0.4) is 0 Å². The van der Waals surface area contributed by atoms with E-state index in [-0.39, 0.29) is 18.4 Å². The number of nitrogens with zero attached hydrogens (tertiary/aromatic N) is 1. The Morgan fingerprint density at radius 2 is 1.79 bits per heavy atom. The van der Waals surface area contributed by atoms with Gasteiger partial charge in [-0.2, -0.15) is 0 Å². The van der Waals surface area contributed by atoms with Crippen molar-refractivity contribution in [3.05, 3.63) is 77.9 Å². The molecular formula is C32H39N3O4. The summed E-state index contributed by atoms with van der Waals surface area (Å²) in [7, 11) is 0. The molecule has 2 unspecified atom stereocenters. The van der Waals surface area contributed by atoms with Crippen molar-refractivity contribution < 1.29 is 19.1 Å². The molecule has 0 saturated heterocycles. The summed E-state index contributed by atoms with van der Waals surface area (Å²) in [4.78, 5) is 41.7. The number of benzene rings is 2. The molecule has 3 rings (SSSR count). The van der Waals surface area contributed by atoms with E-state index in [2.05, 4.69) is 23.3 Å². The van der Waals surface area contributed by atoms with E-state index >= 15 is 0 Å². The van der Waals surface area contributed by atoms with Gasteiger partial charge in [-0.1, -0.05) is 86.9 Å². The molecule has 3 amide bonds. The fourth-order valence-electron chi connectivity index (χ4n) is 4.73. The lowest BCUT2D eigenvalue weighted by Crippen LogP contribution is -2.53. The summed E-state index contributed by atoms with van der Waals surface area (Å²) in [5.74, 6) is -0.940. The molecular weight excluding hydrogens is 490 g/mol. The lowest BCUT2D eigenvalue weighted by atomic mass is 9.94. The van der Waals surface area contributed by atoms with E-state index in [1.165, 1.54) is 0 Å². The smallest absolute Gasteiger partial charge is 0.408 e. The number of nitrogens with one attached hydrogen (secondary N) is 2. The predicted molar refractivity (Wildman–Crippen MR) is 153 cm³/mol. The second-order valence-electron chi connectivity index (χ2n) is 10.8. The van der Waals surface area contributed by atoms with E-state index in [1.807, 2.05) is 36.4 Å². The highest BCUT2D eigenvalue weighted by Gasteiger charge is 2.37. The van der Waals surface area contributed by atoms with E-state index < -0.39 is 29.7 Å². The number of carbonyl (C=O) groups excluding carboxylic acids is 3. The van der Waals surface area contributed by atoms with Gasteiger partial charge in [0.2, 0.25) is 5.91 Å². The first-order valence-corrected chi connectivity index (χ1v) is 13.5. The van der Waals surface area contributed by atoms with Crippen LogP contribution in [0.25, 0.3) is 6.08 Å². The number of carbonyl (C=O) groups is 3. The highest BCUT2D eigenvalue weighted by molar-refractivity contribution is 5.93. The van der Waals surface area contributed by atoms with Gasteiger partial charge < -0.3 is 15.4 Å². The maximum atomic E-state index is 14.1. The Morgan fingerprint density at radius 1 is 1.10 bits per heavy atom. The predicted octanol–water partition coefficient (Wildman–Crippen LogP) is 5.37. The molecule has 7 nitrogen and oxygen atoms in total. The molecule has 39 heavy (non-hydrogen) atoms. The van der Waals surface area contributed by atoms with Crippen molar-refractivity contribution in [3.63, 3.8) is 0 Å². The van der Waals surface area contributed by atoms with Gasteiger partial charge in [-0.3, -0.25) is 14.5 Å². The van der Waals surface area contributed by atoms with Crippen molar-refractivity contribution in [1.29, 1.82) is 0 Å². The van der Waals surface area contributed by atoms with Gasteiger partial charge >= 0.3 is 6.09 Å². The Morgan fingerprint density at radius 3 is 2.41 bits per heavy atom. The first-order valence-electron chi connectivity index (χ1n) is 13.5. The Hall–Kier alpha value is -4.05. The minimum Gasteiger partial charge on any atom is -0.444 e. The minimum absolute atomic E-state index is 0.0195. The number of amides is 3. The highest BCUT2D eigenvalue weighted by atomic mass is 16.6. The maximum absolute atomic E-state index is 14.1. The summed E-state index contributed by atoms with van der Waals surface area (Å²) in [5, 5.41) is 5.81. The highest BCUT2D eigenvalue weighted by Crippen LogP contribution is 2.26. The largest absolute Gasteiger partial charge is 0.444 e. The molecule has 0 heterocycles. The quantitative estimate of drug-likeness (QED) is 0.338. The molecule has 0 radical (unpaired) electrons. The normalized spacial score (nSPS) is 15.2. The van der Waals surface area contributed by atoms with Crippen molar-refractivity contribution in [2.24, 2.45) is 0 Å². The Bertz CT molecular complexity index is 1190. The van der Waals surface area contributed by atoms with Crippen LogP contribution in [0.5, 0.6) is 0 Å². The summed E-state index contributed by atoms with van der Waals surface area (Å²) in [6, 6.07) is 16.8. The van der Waals surface area contributed by atoms with Crippen LogP contribution in [0.4, 0.5) is 4.79 Å². The first kappa shape index (κ1) is 29.5. The average molecular weight is 530 g/mol. The third-order valence-electron chi connectivity index (χ3n) is 6.57. The number of alkyl carbamates (subject to hydrolysis) is 1. The zero-order valence-corrected chi connectivity index (χ0v) is 23.1. The van der Waals surface area contributed by atoms with Crippen molar-refractivity contribution in [2.75, 3.05) is 0 Å². The molecule has 2 aromatic carbocycles. The second kappa shape index (κ2) is 13.7.